The Labute approximate surface area is 204 Å². The molecule has 31 heavy (non-hydrogen) atoms. The van der Waals surface area contributed by atoms with Crippen LogP contribution in [0.1, 0.15) is 30.7 Å². The summed E-state index contributed by atoms with van der Waals surface area (Å²) >= 11 is 1.78. The molecular formula is C22H32FIN4O2S. The fraction of sp³-hybridized carbons (Fsp3) is 0.500. The summed E-state index contributed by atoms with van der Waals surface area (Å²) in [4.78, 5) is 8.39. The molecule has 0 bridgehead atoms. The Hall–Kier alpha value is -1.43. The number of nitrogens with zero attached hydrogens (tertiary/aromatic N) is 2. The van der Waals surface area contributed by atoms with Crippen molar-refractivity contribution in [3.8, 4) is 5.75 Å². The molecule has 2 heterocycles. The Bertz CT molecular complexity index is 770. The summed E-state index contributed by atoms with van der Waals surface area (Å²) in [5.41, 5.74) is 0. The molecule has 0 spiro atoms. The molecule has 1 saturated heterocycles. The van der Waals surface area contributed by atoms with Gasteiger partial charge in [0.15, 0.2) is 5.96 Å². The van der Waals surface area contributed by atoms with Gasteiger partial charge in [-0.2, -0.15) is 0 Å². The summed E-state index contributed by atoms with van der Waals surface area (Å²) in [5.74, 6) is 0.886. The molecule has 0 radical (unpaired) electrons. The van der Waals surface area contributed by atoms with E-state index in [1.807, 2.05) is 6.92 Å². The minimum atomic E-state index is -0.753. The summed E-state index contributed by atoms with van der Waals surface area (Å²) < 4.78 is 18.4. The number of aliphatic imine (C=N–C) groups is 1. The van der Waals surface area contributed by atoms with Gasteiger partial charge in [-0.15, -0.1) is 35.3 Å². The van der Waals surface area contributed by atoms with E-state index in [1.54, 1.807) is 23.5 Å². The molecule has 0 amide bonds. The maximum Gasteiger partial charge on any atom is 0.191 e. The molecule has 1 aromatic heterocycles. The number of nitrogens with one attached hydrogen (secondary N) is 2. The number of benzene rings is 1. The maximum absolute atomic E-state index is 12.9. The molecule has 3 N–H and O–H groups in total. The number of aliphatic hydroxyl groups is 1. The maximum atomic E-state index is 12.9. The molecule has 3 rings (SSSR count). The van der Waals surface area contributed by atoms with E-state index >= 15 is 0 Å². The third-order valence-electron chi connectivity index (χ3n) is 4.98. The van der Waals surface area contributed by atoms with Gasteiger partial charge >= 0.3 is 0 Å². The summed E-state index contributed by atoms with van der Waals surface area (Å²) in [7, 11) is 0. The molecule has 1 aliphatic rings. The molecule has 1 aromatic carbocycles. The highest BCUT2D eigenvalue weighted by molar-refractivity contribution is 14.0. The van der Waals surface area contributed by atoms with Crippen LogP contribution in [-0.2, 0) is 0 Å². The number of halogens is 2. The zero-order valence-electron chi connectivity index (χ0n) is 17.8. The SMILES string of the molecule is CCNC(=NCC(O)COc1ccc(F)cc1)NCC(c1cccs1)N1CCCC1.I. The van der Waals surface area contributed by atoms with Crippen LogP contribution in [0, 0.1) is 5.82 Å². The van der Waals surface area contributed by atoms with Crippen LogP contribution in [0.4, 0.5) is 4.39 Å². The van der Waals surface area contributed by atoms with Crippen LogP contribution in [0.15, 0.2) is 46.8 Å². The normalized spacial score (nSPS) is 16.4. The van der Waals surface area contributed by atoms with Crippen molar-refractivity contribution in [2.24, 2.45) is 4.99 Å². The van der Waals surface area contributed by atoms with Crippen LogP contribution < -0.4 is 15.4 Å². The van der Waals surface area contributed by atoms with Crippen molar-refractivity contribution in [1.29, 1.82) is 0 Å². The molecule has 172 valence electrons. The average molecular weight is 562 g/mol. The van der Waals surface area contributed by atoms with Crippen LogP contribution in [0.3, 0.4) is 0 Å². The van der Waals surface area contributed by atoms with E-state index in [2.05, 4.69) is 38.0 Å². The molecular weight excluding hydrogens is 530 g/mol. The van der Waals surface area contributed by atoms with Gasteiger partial charge in [-0.1, -0.05) is 6.07 Å². The fourth-order valence-electron chi connectivity index (χ4n) is 3.45. The molecule has 1 aliphatic heterocycles. The lowest BCUT2D eigenvalue weighted by molar-refractivity contribution is 0.114. The van der Waals surface area contributed by atoms with Crippen molar-refractivity contribution in [2.75, 3.05) is 39.3 Å². The Morgan fingerprint density at radius 2 is 1.97 bits per heavy atom. The van der Waals surface area contributed by atoms with Crippen molar-refractivity contribution in [3.05, 3.63) is 52.5 Å². The Morgan fingerprint density at radius 3 is 2.61 bits per heavy atom. The third-order valence-corrected chi connectivity index (χ3v) is 5.95. The van der Waals surface area contributed by atoms with Crippen molar-refractivity contribution < 1.29 is 14.2 Å². The quantitative estimate of drug-likeness (QED) is 0.235. The highest BCUT2D eigenvalue weighted by Crippen LogP contribution is 2.27. The molecule has 2 unspecified atom stereocenters. The van der Waals surface area contributed by atoms with E-state index in [0.29, 0.717) is 17.8 Å². The summed E-state index contributed by atoms with van der Waals surface area (Å²) in [6, 6.07) is 10.4. The molecule has 1 fully saturated rings. The fourth-order valence-corrected chi connectivity index (χ4v) is 4.31. The summed E-state index contributed by atoms with van der Waals surface area (Å²) in [6.07, 6.45) is 1.74. The van der Waals surface area contributed by atoms with Gasteiger partial charge < -0.3 is 20.5 Å². The molecule has 2 aromatic rings. The minimum absolute atomic E-state index is 0. The molecule has 2 atom stereocenters. The van der Waals surface area contributed by atoms with Gasteiger partial charge in [0.05, 0.1) is 12.6 Å². The van der Waals surface area contributed by atoms with E-state index in [0.717, 1.165) is 26.2 Å². The first kappa shape index (κ1) is 25.8. The highest BCUT2D eigenvalue weighted by atomic mass is 127. The van der Waals surface area contributed by atoms with Gasteiger partial charge in [0.2, 0.25) is 0 Å². The number of hydrogen-bond donors (Lipinski definition) is 3. The predicted molar refractivity (Wildman–Crippen MR) is 135 cm³/mol. The minimum Gasteiger partial charge on any atom is -0.491 e. The monoisotopic (exact) mass is 562 g/mol. The van der Waals surface area contributed by atoms with E-state index in [9.17, 15) is 9.50 Å². The van der Waals surface area contributed by atoms with Gasteiger partial charge in [0.1, 0.15) is 24.3 Å². The zero-order chi connectivity index (χ0) is 21.2. The molecule has 9 heteroatoms. The molecule has 0 saturated carbocycles. The second-order valence-electron chi connectivity index (χ2n) is 7.29. The van der Waals surface area contributed by atoms with E-state index in [1.165, 1.54) is 29.9 Å². The van der Waals surface area contributed by atoms with E-state index in [4.69, 9.17) is 4.74 Å². The van der Waals surface area contributed by atoms with Gasteiger partial charge in [0.25, 0.3) is 0 Å². The predicted octanol–water partition coefficient (Wildman–Crippen LogP) is 3.64. The van der Waals surface area contributed by atoms with Crippen LogP contribution in [0.2, 0.25) is 0 Å². The second kappa shape index (κ2) is 13.9. The van der Waals surface area contributed by atoms with Gasteiger partial charge in [-0.25, -0.2) is 4.39 Å². The Kier molecular flexibility index (Phi) is 11.6. The lowest BCUT2D eigenvalue weighted by atomic mass is 10.2. The van der Waals surface area contributed by atoms with Crippen LogP contribution in [-0.4, -0.2) is 61.4 Å². The zero-order valence-corrected chi connectivity index (χ0v) is 20.9. The first-order valence-electron chi connectivity index (χ1n) is 10.5. The largest absolute Gasteiger partial charge is 0.491 e. The number of aliphatic hydroxyl groups excluding tert-OH is 1. The average Bonchev–Trinajstić information content (AvgIpc) is 3.46. The first-order chi connectivity index (χ1) is 14.7. The highest BCUT2D eigenvalue weighted by Gasteiger charge is 2.24. The lowest BCUT2D eigenvalue weighted by Gasteiger charge is -2.27. The van der Waals surface area contributed by atoms with Crippen LogP contribution in [0.5, 0.6) is 5.75 Å². The van der Waals surface area contributed by atoms with Gasteiger partial charge in [-0.3, -0.25) is 9.89 Å². The summed E-state index contributed by atoms with van der Waals surface area (Å²) in [6.45, 7) is 6.07. The topological polar surface area (TPSA) is 69.1 Å². The lowest BCUT2D eigenvalue weighted by Crippen LogP contribution is -2.43. The second-order valence-corrected chi connectivity index (χ2v) is 8.27. The molecule has 6 nitrogen and oxygen atoms in total. The number of guanidine groups is 1. The van der Waals surface area contributed by atoms with E-state index in [-0.39, 0.29) is 42.9 Å². The van der Waals surface area contributed by atoms with Crippen LogP contribution >= 0.6 is 35.3 Å². The van der Waals surface area contributed by atoms with Crippen molar-refractivity contribution >= 4 is 41.3 Å². The van der Waals surface area contributed by atoms with Crippen molar-refractivity contribution in [1.82, 2.24) is 15.5 Å². The Balaban J connectivity index is 0.00000341. The molecule has 0 aliphatic carbocycles. The Morgan fingerprint density at radius 1 is 1.23 bits per heavy atom. The standard InChI is InChI=1S/C22H31FN4O2S.HI/c1-2-24-22(25-14-18(28)16-29-19-9-7-17(23)8-10-19)26-15-20(21-6-5-13-30-21)27-11-3-4-12-27;/h5-10,13,18,20,28H,2-4,11-12,14-16H2,1H3,(H2,24,25,26);1H. The first-order valence-corrected chi connectivity index (χ1v) is 11.4. The summed E-state index contributed by atoms with van der Waals surface area (Å²) in [5, 5.41) is 19.0. The number of ether oxygens (including phenoxy) is 1. The van der Waals surface area contributed by atoms with Crippen molar-refractivity contribution in [2.45, 2.75) is 31.9 Å². The number of rotatable bonds is 10. The van der Waals surface area contributed by atoms with E-state index < -0.39 is 6.10 Å². The van der Waals surface area contributed by atoms with Gasteiger partial charge in [-0.05, 0) is 68.6 Å². The van der Waals surface area contributed by atoms with Crippen molar-refractivity contribution in [3.63, 3.8) is 0 Å². The van der Waals surface area contributed by atoms with Crippen LogP contribution in [0.25, 0.3) is 0 Å². The third kappa shape index (κ3) is 8.55. The number of likely N-dealkylation sites (tertiary alicyclic amines) is 1. The number of hydrogen-bond acceptors (Lipinski definition) is 5. The smallest absolute Gasteiger partial charge is 0.191 e. The van der Waals surface area contributed by atoms with Gasteiger partial charge in [0, 0.05) is 18.0 Å². The number of thiophene rings is 1.